The van der Waals surface area contributed by atoms with Crippen LogP contribution in [0.25, 0.3) is 99.5 Å². The minimum Gasteiger partial charge on any atom is -0.309 e. The second-order valence-corrected chi connectivity index (χ2v) is 17.7. The van der Waals surface area contributed by atoms with Gasteiger partial charge in [-0.3, -0.25) is 0 Å². The van der Waals surface area contributed by atoms with E-state index in [9.17, 15) is 55.3 Å². The van der Waals surface area contributed by atoms with Crippen LogP contribution in [-0.2, 0) is 6.18 Å². The number of nitriles is 8. The predicted octanol–water partition coefficient (Wildman–Crippen LogP) is 14.5. The van der Waals surface area contributed by atoms with Crippen molar-refractivity contribution >= 4 is 43.6 Å². The predicted molar refractivity (Wildman–Crippen MR) is 280 cm³/mol. The van der Waals surface area contributed by atoms with Crippen LogP contribution in [0.15, 0.2) is 164 Å². The Hall–Kier alpha value is -11.7. The van der Waals surface area contributed by atoms with Gasteiger partial charge in [0.2, 0.25) is 0 Å². The Labute approximate surface area is 430 Å². The topological polar surface area (TPSA) is 200 Å². The molecule has 2 heterocycles. The summed E-state index contributed by atoms with van der Waals surface area (Å²) < 4.78 is 46.7. The third-order valence-corrected chi connectivity index (χ3v) is 13.6. The van der Waals surface area contributed by atoms with E-state index in [4.69, 9.17) is 0 Å². The van der Waals surface area contributed by atoms with Gasteiger partial charge in [-0.15, -0.1) is 0 Å². The number of benzene rings is 9. The lowest BCUT2D eigenvalue weighted by molar-refractivity contribution is -0.137. The number of para-hydroxylation sites is 2. The summed E-state index contributed by atoms with van der Waals surface area (Å²) in [6.45, 7) is 0. The monoisotopic (exact) mass is 980 g/mol. The molecule has 0 atom stereocenters. The molecule has 11 aromatic rings. The molecule has 13 heteroatoms. The molecule has 0 amide bonds. The van der Waals surface area contributed by atoms with Gasteiger partial charge >= 0.3 is 6.18 Å². The number of hydrogen-bond donors (Lipinski definition) is 0. The van der Waals surface area contributed by atoms with E-state index in [1.807, 2.05) is 112 Å². The molecule has 0 N–H and O–H groups in total. The fourth-order valence-corrected chi connectivity index (χ4v) is 10.4. The Bertz CT molecular complexity index is 4680. The molecule has 76 heavy (non-hydrogen) atoms. The van der Waals surface area contributed by atoms with Crippen LogP contribution in [0, 0.1) is 90.6 Å². The lowest BCUT2D eigenvalue weighted by Crippen LogP contribution is -2.06. The summed E-state index contributed by atoms with van der Waals surface area (Å²) in [5.74, 6) is 0. The highest BCUT2D eigenvalue weighted by Gasteiger charge is 2.32. The molecule has 0 bridgehead atoms. The van der Waals surface area contributed by atoms with Crippen LogP contribution >= 0.6 is 0 Å². The van der Waals surface area contributed by atoms with Gasteiger partial charge in [0.1, 0.15) is 0 Å². The standard InChI is InChI=1S/C63H27F3N10/c64-63(65,66)46-12-14-48(41(24-46)31-70)49-15-13-47(75-56-7-3-1-5-50(56)54-25-39(10-17-58(54)75)61-42(32-71)19-37(29-68)20-43(61)33-72)27-52(49)53-23-36(28-67)9-16-59(53)76-57-8-4-2-6-51(57)55-26-40(11-18-60(55)76)62-44(34-73)21-38(30-69)22-45(62)35-74/h1-27H. The average molecular weight is 981 g/mol. The molecule has 2 aromatic heterocycles. The van der Waals surface area contributed by atoms with Crippen molar-refractivity contribution < 1.29 is 13.2 Å². The number of halogens is 3. The van der Waals surface area contributed by atoms with E-state index in [0.717, 1.165) is 44.7 Å². The zero-order valence-corrected chi connectivity index (χ0v) is 39.2. The zero-order valence-electron chi connectivity index (χ0n) is 39.2. The van der Waals surface area contributed by atoms with E-state index in [-0.39, 0.29) is 50.1 Å². The summed E-state index contributed by atoms with van der Waals surface area (Å²) in [4.78, 5) is 0. The number of nitrogens with zero attached hydrogens (tertiary/aromatic N) is 10. The molecule has 350 valence electrons. The molecule has 0 unspecified atom stereocenters. The number of aromatic nitrogens is 2. The molecule has 0 radical (unpaired) electrons. The van der Waals surface area contributed by atoms with Crippen molar-refractivity contribution in [2.75, 3.05) is 0 Å². The molecule has 0 fully saturated rings. The van der Waals surface area contributed by atoms with Gasteiger partial charge in [0.15, 0.2) is 0 Å². The fraction of sp³-hybridized carbons (Fsp3) is 0.0159. The molecule has 0 spiro atoms. The second kappa shape index (κ2) is 18.2. The van der Waals surface area contributed by atoms with Crippen LogP contribution in [0.1, 0.15) is 50.1 Å². The van der Waals surface area contributed by atoms with E-state index < -0.39 is 11.7 Å². The SMILES string of the molecule is N#Cc1cc(C#N)c(-c2ccc3c(c2)c2ccccc2n3-c2ccc(-c3ccc(C(F)(F)F)cc3C#N)c(-c3cc(C#N)ccc3-n3c4ccccc4c4cc(-c5c(C#N)cc(C#N)cc5C#N)ccc43)c2)c(C#N)c1. The molecule has 0 aliphatic heterocycles. The fourth-order valence-electron chi connectivity index (χ4n) is 10.4. The minimum absolute atomic E-state index is 0.150. The third-order valence-electron chi connectivity index (χ3n) is 13.6. The normalized spacial score (nSPS) is 11.0. The summed E-state index contributed by atoms with van der Waals surface area (Å²) in [5.41, 5.74) is 7.43. The van der Waals surface area contributed by atoms with E-state index in [0.29, 0.717) is 61.4 Å². The molecular weight excluding hydrogens is 954 g/mol. The first-order valence-electron chi connectivity index (χ1n) is 23.1. The van der Waals surface area contributed by atoms with Gasteiger partial charge in [-0.25, -0.2) is 0 Å². The molecule has 0 aliphatic carbocycles. The van der Waals surface area contributed by atoms with Crippen LogP contribution in [0.2, 0.25) is 0 Å². The maximum absolute atomic E-state index is 14.2. The third kappa shape index (κ3) is 7.44. The largest absolute Gasteiger partial charge is 0.416 e. The molecule has 11 rings (SSSR count). The summed E-state index contributed by atoms with van der Waals surface area (Å²) in [7, 11) is 0. The van der Waals surface area contributed by atoms with Crippen molar-refractivity contribution in [1.29, 1.82) is 42.1 Å². The van der Waals surface area contributed by atoms with E-state index in [2.05, 4.69) is 30.3 Å². The first-order valence-corrected chi connectivity index (χ1v) is 23.1. The number of rotatable bonds is 6. The Morgan fingerprint density at radius 1 is 0.329 bits per heavy atom. The molecule has 0 saturated carbocycles. The summed E-state index contributed by atoms with van der Waals surface area (Å²) in [5, 5.41) is 84.3. The summed E-state index contributed by atoms with van der Waals surface area (Å²) in [6.07, 6.45) is -4.74. The van der Waals surface area contributed by atoms with Gasteiger partial charge in [0.05, 0.1) is 126 Å². The lowest BCUT2D eigenvalue weighted by atomic mass is 9.89. The van der Waals surface area contributed by atoms with Gasteiger partial charge in [-0.1, -0.05) is 60.7 Å². The number of fused-ring (bicyclic) bond motifs is 6. The Morgan fingerprint density at radius 2 is 0.803 bits per heavy atom. The van der Waals surface area contributed by atoms with Gasteiger partial charge < -0.3 is 9.13 Å². The quantitative estimate of drug-likeness (QED) is 0.157. The maximum atomic E-state index is 14.2. The van der Waals surface area contributed by atoms with E-state index in [1.54, 1.807) is 36.4 Å². The highest BCUT2D eigenvalue weighted by Crippen LogP contribution is 2.45. The average Bonchev–Trinajstić information content (AvgIpc) is 3.99. The Morgan fingerprint density at radius 3 is 1.30 bits per heavy atom. The smallest absolute Gasteiger partial charge is 0.309 e. The van der Waals surface area contributed by atoms with Gasteiger partial charge in [-0.2, -0.15) is 55.3 Å². The van der Waals surface area contributed by atoms with Gasteiger partial charge in [0, 0.05) is 49.5 Å². The molecule has 0 saturated heterocycles. The maximum Gasteiger partial charge on any atom is 0.416 e. The lowest BCUT2D eigenvalue weighted by Gasteiger charge is -2.20. The molecule has 9 aromatic carbocycles. The van der Waals surface area contributed by atoms with Crippen LogP contribution in [-0.4, -0.2) is 9.13 Å². The van der Waals surface area contributed by atoms with Crippen LogP contribution in [0.4, 0.5) is 13.2 Å². The van der Waals surface area contributed by atoms with Crippen LogP contribution < -0.4 is 0 Å². The molecular formula is C63H27F3N10. The molecule has 10 nitrogen and oxygen atoms in total. The summed E-state index contributed by atoms with van der Waals surface area (Å²) in [6, 6.07) is 62.6. The highest BCUT2D eigenvalue weighted by atomic mass is 19.4. The van der Waals surface area contributed by atoms with Crippen molar-refractivity contribution in [3.05, 3.63) is 214 Å². The first kappa shape index (κ1) is 46.7. The van der Waals surface area contributed by atoms with E-state index >= 15 is 0 Å². The van der Waals surface area contributed by atoms with Crippen molar-refractivity contribution in [3.8, 4) is 104 Å². The minimum atomic E-state index is -4.74. The number of alkyl halides is 3. The first-order chi connectivity index (χ1) is 36.9. The molecule has 0 aliphatic rings. The Kier molecular flexibility index (Phi) is 11.1. The highest BCUT2D eigenvalue weighted by molar-refractivity contribution is 6.13. The van der Waals surface area contributed by atoms with Crippen molar-refractivity contribution in [2.45, 2.75) is 6.18 Å². The van der Waals surface area contributed by atoms with Crippen molar-refractivity contribution in [2.24, 2.45) is 0 Å². The second-order valence-electron chi connectivity index (χ2n) is 17.7. The van der Waals surface area contributed by atoms with Gasteiger partial charge in [-0.05, 0) is 125 Å². The van der Waals surface area contributed by atoms with Crippen LogP contribution in [0.5, 0.6) is 0 Å². The summed E-state index contributed by atoms with van der Waals surface area (Å²) >= 11 is 0. The zero-order chi connectivity index (χ0) is 53.0. The van der Waals surface area contributed by atoms with E-state index in [1.165, 1.54) is 30.3 Å². The van der Waals surface area contributed by atoms with Crippen molar-refractivity contribution in [3.63, 3.8) is 0 Å². The Balaban J connectivity index is 1.20. The van der Waals surface area contributed by atoms with Crippen LogP contribution in [0.3, 0.4) is 0 Å². The van der Waals surface area contributed by atoms with Crippen molar-refractivity contribution in [1.82, 2.24) is 9.13 Å². The number of hydrogen-bond acceptors (Lipinski definition) is 8. The van der Waals surface area contributed by atoms with Gasteiger partial charge in [0.25, 0.3) is 0 Å².